The van der Waals surface area contributed by atoms with Gasteiger partial charge in [0.1, 0.15) is 23.0 Å². The van der Waals surface area contributed by atoms with Gasteiger partial charge in [-0.05, 0) is 17.7 Å². The van der Waals surface area contributed by atoms with Gasteiger partial charge in [0.25, 0.3) is 9.05 Å². The van der Waals surface area contributed by atoms with E-state index in [0.717, 1.165) is 5.56 Å². The summed E-state index contributed by atoms with van der Waals surface area (Å²) in [5, 5.41) is 0. The highest BCUT2D eigenvalue weighted by molar-refractivity contribution is 8.13. The van der Waals surface area contributed by atoms with Crippen molar-refractivity contribution in [1.82, 2.24) is 0 Å². The van der Waals surface area contributed by atoms with Crippen LogP contribution in [0.15, 0.2) is 53.4 Å². The van der Waals surface area contributed by atoms with Crippen molar-refractivity contribution < 1.29 is 22.6 Å². The van der Waals surface area contributed by atoms with Crippen LogP contribution in [0, 0.1) is 0 Å². The van der Waals surface area contributed by atoms with Gasteiger partial charge in [-0.15, -0.1) is 0 Å². The van der Waals surface area contributed by atoms with Crippen LogP contribution >= 0.6 is 10.7 Å². The fourth-order valence-corrected chi connectivity index (χ4v) is 2.73. The van der Waals surface area contributed by atoms with E-state index in [4.69, 9.17) is 24.9 Å². The molecular weight excluding hydrogens is 328 g/mol. The summed E-state index contributed by atoms with van der Waals surface area (Å²) in [6.45, 7) is 0.263. The molecule has 0 amide bonds. The summed E-state index contributed by atoms with van der Waals surface area (Å²) in [5.74, 6) is 0.557. The lowest BCUT2D eigenvalue weighted by atomic mass is 10.2. The maximum absolute atomic E-state index is 11.5. The Morgan fingerprint density at radius 2 is 1.77 bits per heavy atom. The van der Waals surface area contributed by atoms with Crippen molar-refractivity contribution in [3.63, 3.8) is 0 Å². The van der Waals surface area contributed by atoms with Crippen molar-refractivity contribution in [2.24, 2.45) is 0 Å². The van der Waals surface area contributed by atoms with Gasteiger partial charge in [0.2, 0.25) is 0 Å². The van der Waals surface area contributed by atoms with Gasteiger partial charge in [0, 0.05) is 23.9 Å². The second-order valence-electron chi connectivity index (χ2n) is 4.37. The van der Waals surface area contributed by atoms with Crippen LogP contribution in [0.3, 0.4) is 0 Å². The van der Waals surface area contributed by atoms with E-state index in [1.165, 1.54) is 25.3 Å². The zero-order valence-corrected chi connectivity index (χ0v) is 13.4. The zero-order chi connectivity index (χ0) is 16.0. The topological polar surface area (TPSA) is 61.8 Å². The molecule has 0 unspecified atom stereocenters. The largest absolute Gasteiger partial charge is 0.489 e. The average molecular weight is 343 g/mol. The summed E-state index contributed by atoms with van der Waals surface area (Å²) in [4.78, 5) is -0.127. The Bertz CT molecular complexity index is 716. The predicted octanol–water partition coefficient (Wildman–Crippen LogP) is 3.18. The molecule has 7 heteroatoms. The van der Waals surface area contributed by atoms with E-state index < -0.39 is 9.05 Å². The van der Waals surface area contributed by atoms with Crippen LogP contribution in [0.2, 0.25) is 0 Å². The van der Waals surface area contributed by atoms with Gasteiger partial charge in [-0.25, -0.2) is 8.42 Å². The first-order valence-electron chi connectivity index (χ1n) is 6.38. The predicted molar refractivity (Wildman–Crippen MR) is 82.8 cm³/mol. The Morgan fingerprint density at radius 1 is 1.05 bits per heavy atom. The molecular formula is C15H15ClO5S. The van der Waals surface area contributed by atoms with E-state index in [1.807, 2.05) is 30.3 Å². The Labute approximate surface area is 133 Å². The molecule has 0 saturated carbocycles. The summed E-state index contributed by atoms with van der Waals surface area (Å²) >= 11 is 0. The fourth-order valence-electron chi connectivity index (χ4n) is 1.76. The number of hydrogen-bond acceptors (Lipinski definition) is 5. The van der Waals surface area contributed by atoms with Crippen LogP contribution in [-0.2, 0) is 20.4 Å². The maximum atomic E-state index is 11.5. The third kappa shape index (κ3) is 4.62. The van der Waals surface area contributed by atoms with Gasteiger partial charge >= 0.3 is 0 Å². The molecule has 0 aliphatic rings. The molecule has 22 heavy (non-hydrogen) atoms. The van der Waals surface area contributed by atoms with Gasteiger partial charge in [-0.1, -0.05) is 30.3 Å². The van der Waals surface area contributed by atoms with Gasteiger partial charge in [0.15, 0.2) is 6.79 Å². The molecule has 0 heterocycles. The van der Waals surface area contributed by atoms with Crippen LogP contribution in [-0.4, -0.2) is 22.3 Å². The molecule has 2 rings (SSSR count). The van der Waals surface area contributed by atoms with Crippen LogP contribution in [0.1, 0.15) is 5.56 Å². The van der Waals surface area contributed by atoms with Crippen molar-refractivity contribution in [2.75, 3.05) is 13.9 Å². The second-order valence-corrected chi connectivity index (χ2v) is 6.91. The fraction of sp³-hybridized carbons (Fsp3) is 0.200. The average Bonchev–Trinajstić information content (AvgIpc) is 2.51. The van der Waals surface area contributed by atoms with Gasteiger partial charge < -0.3 is 14.2 Å². The molecule has 2 aromatic carbocycles. The number of halogens is 1. The summed E-state index contributed by atoms with van der Waals surface area (Å²) < 4.78 is 38.7. The molecule has 0 saturated heterocycles. The smallest absolute Gasteiger partial charge is 0.264 e. The molecule has 0 aliphatic heterocycles. The molecule has 0 aromatic heterocycles. The Balaban J connectivity index is 2.19. The molecule has 0 bridgehead atoms. The van der Waals surface area contributed by atoms with Crippen molar-refractivity contribution in [3.05, 3.63) is 54.1 Å². The number of benzene rings is 2. The number of hydrogen-bond donors (Lipinski definition) is 0. The first-order chi connectivity index (χ1) is 10.5. The third-order valence-electron chi connectivity index (χ3n) is 2.76. The Hall–Kier alpha value is -1.76. The van der Waals surface area contributed by atoms with Gasteiger partial charge in [-0.2, -0.15) is 0 Å². The monoisotopic (exact) mass is 342 g/mol. The second kappa shape index (κ2) is 7.49. The summed E-state index contributed by atoms with van der Waals surface area (Å²) in [7, 11) is 2.90. The van der Waals surface area contributed by atoms with Crippen LogP contribution in [0.4, 0.5) is 0 Å². The SMILES string of the molecule is COCOc1cc(OCc2ccccc2)ccc1S(=O)(=O)Cl. The highest BCUT2D eigenvalue weighted by Gasteiger charge is 2.18. The van der Waals surface area contributed by atoms with E-state index >= 15 is 0 Å². The summed E-state index contributed by atoms with van der Waals surface area (Å²) in [6, 6.07) is 13.9. The Kier molecular flexibility index (Phi) is 5.65. The van der Waals surface area contributed by atoms with Crippen LogP contribution in [0.25, 0.3) is 0 Å². The van der Waals surface area contributed by atoms with Crippen molar-refractivity contribution in [2.45, 2.75) is 11.5 Å². The first kappa shape index (κ1) is 16.6. The minimum Gasteiger partial charge on any atom is -0.489 e. The first-order valence-corrected chi connectivity index (χ1v) is 8.69. The quantitative estimate of drug-likeness (QED) is 0.571. The molecule has 0 aliphatic carbocycles. The third-order valence-corrected chi connectivity index (χ3v) is 4.12. The lowest BCUT2D eigenvalue weighted by molar-refractivity contribution is 0.0488. The van der Waals surface area contributed by atoms with E-state index in [0.29, 0.717) is 12.4 Å². The number of rotatable bonds is 7. The number of ether oxygens (including phenoxy) is 3. The van der Waals surface area contributed by atoms with Gasteiger partial charge in [0.05, 0.1) is 0 Å². The summed E-state index contributed by atoms with van der Waals surface area (Å²) in [5.41, 5.74) is 0.996. The van der Waals surface area contributed by atoms with Crippen molar-refractivity contribution >= 4 is 19.7 Å². The standard InChI is InChI=1S/C15H15ClO5S/c1-19-11-21-14-9-13(7-8-15(14)22(16,17)18)20-10-12-5-3-2-4-6-12/h2-9H,10-11H2,1H3. The molecule has 5 nitrogen and oxygen atoms in total. The zero-order valence-electron chi connectivity index (χ0n) is 11.9. The highest BCUT2D eigenvalue weighted by Crippen LogP contribution is 2.31. The van der Waals surface area contributed by atoms with Crippen molar-refractivity contribution in [3.8, 4) is 11.5 Å². The molecule has 0 spiro atoms. The lowest BCUT2D eigenvalue weighted by Gasteiger charge is -2.12. The van der Waals surface area contributed by atoms with E-state index in [9.17, 15) is 8.42 Å². The minimum atomic E-state index is -3.91. The van der Waals surface area contributed by atoms with Crippen molar-refractivity contribution in [1.29, 1.82) is 0 Å². The van der Waals surface area contributed by atoms with E-state index in [2.05, 4.69) is 0 Å². The van der Waals surface area contributed by atoms with E-state index in [-0.39, 0.29) is 17.4 Å². The normalized spacial score (nSPS) is 11.2. The lowest BCUT2D eigenvalue weighted by Crippen LogP contribution is -2.04. The summed E-state index contributed by atoms with van der Waals surface area (Å²) in [6.07, 6.45) is 0. The maximum Gasteiger partial charge on any atom is 0.264 e. The van der Waals surface area contributed by atoms with E-state index in [1.54, 1.807) is 0 Å². The molecule has 0 fully saturated rings. The molecule has 2 aromatic rings. The Morgan fingerprint density at radius 3 is 2.41 bits per heavy atom. The molecule has 0 radical (unpaired) electrons. The highest BCUT2D eigenvalue weighted by atomic mass is 35.7. The molecule has 118 valence electrons. The van der Waals surface area contributed by atoms with Crippen LogP contribution in [0.5, 0.6) is 11.5 Å². The van der Waals surface area contributed by atoms with Crippen LogP contribution < -0.4 is 9.47 Å². The molecule has 0 atom stereocenters. The van der Waals surface area contributed by atoms with Gasteiger partial charge in [-0.3, -0.25) is 0 Å². The minimum absolute atomic E-state index is 0.0856. The number of methoxy groups -OCH3 is 1. The molecule has 0 N–H and O–H groups in total.